The van der Waals surface area contributed by atoms with Crippen LogP contribution in [0.2, 0.25) is 0 Å². The zero-order valence-corrected chi connectivity index (χ0v) is 11.5. The number of amides is 2. The highest BCUT2D eigenvalue weighted by Gasteiger charge is 2.16. The number of aliphatic carboxylic acids is 1. The number of carbonyl (C=O) groups is 3. The van der Waals surface area contributed by atoms with Gasteiger partial charge >= 0.3 is 18.0 Å². The normalized spacial score (nSPS) is 9.79. The fraction of sp³-hybridized carbons (Fsp3) is 0.750. The minimum atomic E-state index is -0.897. The quantitative estimate of drug-likeness (QED) is 0.479. The summed E-state index contributed by atoms with van der Waals surface area (Å²) >= 11 is 0. The SMILES string of the molecule is CCCN(CC(=O)OCC)C(=O)NCCCC(=O)O. The first kappa shape index (κ1) is 17.2. The fourth-order valence-corrected chi connectivity index (χ4v) is 1.43. The number of hydrogen-bond donors (Lipinski definition) is 2. The van der Waals surface area contributed by atoms with Crippen molar-refractivity contribution in [1.29, 1.82) is 0 Å². The van der Waals surface area contributed by atoms with Crippen LogP contribution in [0.25, 0.3) is 0 Å². The standard InChI is InChI=1S/C12H22N2O5/c1-3-8-14(9-11(17)19-4-2)12(18)13-7-5-6-10(15)16/h3-9H2,1-2H3,(H,13,18)(H,15,16). The van der Waals surface area contributed by atoms with Gasteiger partial charge in [0.25, 0.3) is 0 Å². The molecule has 0 spiro atoms. The highest BCUT2D eigenvalue weighted by Crippen LogP contribution is 1.95. The number of carboxylic acids is 1. The number of carbonyl (C=O) groups excluding carboxylic acids is 2. The third-order valence-corrected chi connectivity index (χ3v) is 2.25. The van der Waals surface area contributed by atoms with Crippen LogP contribution in [0.3, 0.4) is 0 Å². The molecule has 0 aromatic carbocycles. The predicted octanol–water partition coefficient (Wildman–Crippen LogP) is 0.836. The van der Waals surface area contributed by atoms with Crippen LogP contribution in [0.4, 0.5) is 4.79 Å². The highest BCUT2D eigenvalue weighted by atomic mass is 16.5. The highest BCUT2D eigenvalue weighted by molar-refractivity contribution is 5.80. The van der Waals surface area contributed by atoms with Gasteiger partial charge in [0.05, 0.1) is 6.61 Å². The molecule has 19 heavy (non-hydrogen) atoms. The molecular weight excluding hydrogens is 252 g/mol. The van der Waals surface area contributed by atoms with E-state index >= 15 is 0 Å². The van der Waals surface area contributed by atoms with E-state index in [2.05, 4.69) is 5.32 Å². The van der Waals surface area contributed by atoms with Crippen LogP contribution < -0.4 is 5.32 Å². The number of rotatable bonds is 9. The van der Waals surface area contributed by atoms with Gasteiger partial charge < -0.3 is 20.1 Å². The summed E-state index contributed by atoms with van der Waals surface area (Å²) in [5, 5.41) is 11.1. The van der Waals surface area contributed by atoms with Crippen LogP contribution in [0, 0.1) is 0 Å². The van der Waals surface area contributed by atoms with E-state index < -0.39 is 11.9 Å². The van der Waals surface area contributed by atoms with Gasteiger partial charge in [-0.2, -0.15) is 0 Å². The molecule has 0 saturated carbocycles. The predicted molar refractivity (Wildman–Crippen MR) is 68.8 cm³/mol. The van der Waals surface area contributed by atoms with E-state index in [1.165, 1.54) is 4.90 Å². The van der Waals surface area contributed by atoms with Crippen molar-refractivity contribution in [2.24, 2.45) is 0 Å². The molecule has 7 heteroatoms. The number of carboxylic acid groups (broad SMARTS) is 1. The molecule has 0 aliphatic carbocycles. The molecule has 0 atom stereocenters. The lowest BCUT2D eigenvalue weighted by atomic mass is 10.3. The van der Waals surface area contributed by atoms with Crippen LogP contribution in [-0.4, -0.2) is 54.2 Å². The van der Waals surface area contributed by atoms with Crippen molar-refractivity contribution >= 4 is 18.0 Å². The van der Waals surface area contributed by atoms with Gasteiger partial charge in [-0.1, -0.05) is 6.92 Å². The van der Waals surface area contributed by atoms with Gasteiger partial charge in [-0.25, -0.2) is 4.79 Å². The van der Waals surface area contributed by atoms with Gasteiger partial charge in [0.1, 0.15) is 6.54 Å². The first-order valence-corrected chi connectivity index (χ1v) is 6.41. The molecule has 0 radical (unpaired) electrons. The largest absolute Gasteiger partial charge is 0.481 e. The van der Waals surface area contributed by atoms with E-state index in [9.17, 15) is 14.4 Å². The van der Waals surface area contributed by atoms with Crippen LogP contribution in [0.5, 0.6) is 0 Å². The molecule has 0 saturated heterocycles. The zero-order chi connectivity index (χ0) is 14.7. The molecule has 7 nitrogen and oxygen atoms in total. The van der Waals surface area contributed by atoms with Crippen molar-refractivity contribution in [2.75, 3.05) is 26.2 Å². The van der Waals surface area contributed by atoms with Gasteiger partial charge in [0.2, 0.25) is 0 Å². The van der Waals surface area contributed by atoms with E-state index in [4.69, 9.17) is 9.84 Å². The topological polar surface area (TPSA) is 95.9 Å². The van der Waals surface area contributed by atoms with Crippen molar-refractivity contribution in [1.82, 2.24) is 10.2 Å². The molecule has 0 aliphatic heterocycles. The van der Waals surface area contributed by atoms with E-state index in [1.807, 2.05) is 6.92 Å². The van der Waals surface area contributed by atoms with Gasteiger partial charge in [-0.15, -0.1) is 0 Å². The molecule has 0 rings (SSSR count). The number of esters is 1. The Balaban J connectivity index is 4.10. The third-order valence-electron chi connectivity index (χ3n) is 2.25. The molecule has 2 N–H and O–H groups in total. The van der Waals surface area contributed by atoms with Crippen LogP contribution in [0.1, 0.15) is 33.1 Å². The monoisotopic (exact) mass is 274 g/mol. The Morgan fingerprint density at radius 1 is 1.26 bits per heavy atom. The summed E-state index contributed by atoms with van der Waals surface area (Å²) in [6, 6.07) is -0.375. The van der Waals surface area contributed by atoms with Crippen molar-refractivity contribution in [2.45, 2.75) is 33.1 Å². The molecule has 0 fully saturated rings. The lowest BCUT2D eigenvalue weighted by molar-refractivity contribution is -0.143. The molecular formula is C12H22N2O5. The third kappa shape index (κ3) is 8.87. The molecule has 0 unspecified atom stereocenters. The number of ether oxygens (including phenoxy) is 1. The first-order valence-electron chi connectivity index (χ1n) is 6.41. The lowest BCUT2D eigenvalue weighted by Crippen LogP contribution is -2.43. The van der Waals surface area contributed by atoms with Gasteiger partial charge in [0.15, 0.2) is 0 Å². The Kier molecular flexibility index (Phi) is 9.20. The molecule has 0 aromatic heterocycles. The minimum Gasteiger partial charge on any atom is -0.481 e. The molecule has 110 valence electrons. The van der Waals surface area contributed by atoms with Crippen LogP contribution >= 0.6 is 0 Å². The maximum absolute atomic E-state index is 11.8. The average molecular weight is 274 g/mol. The Morgan fingerprint density at radius 2 is 1.95 bits per heavy atom. The number of nitrogens with zero attached hydrogens (tertiary/aromatic N) is 1. The lowest BCUT2D eigenvalue weighted by Gasteiger charge is -2.21. The van der Waals surface area contributed by atoms with Crippen molar-refractivity contribution in [3.63, 3.8) is 0 Å². The summed E-state index contributed by atoms with van der Waals surface area (Å²) in [5.74, 6) is -1.34. The average Bonchev–Trinajstić information content (AvgIpc) is 2.34. The van der Waals surface area contributed by atoms with Gasteiger partial charge in [-0.05, 0) is 19.8 Å². The Labute approximate surface area is 112 Å². The van der Waals surface area contributed by atoms with Crippen LogP contribution in [0.15, 0.2) is 0 Å². The fourth-order valence-electron chi connectivity index (χ4n) is 1.43. The first-order chi connectivity index (χ1) is 9.01. The molecule has 0 aliphatic rings. The minimum absolute atomic E-state index is 0.00589. The summed E-state index contributed by atoms with van der Waals surface area (Å²) in [6.45, 7) is 4.51. The Morgan fingerprint density at radius 3 is 2.47 bits per heavy atom. The molecule has 0 bridgehead atoms. The summed E-state index contributed by atoms with van der Waals surface area (Å²) in [6.07, 6.45) is 1.09. The summed E-state index contributed by atoms with van der Waals surface area (Å²) < 4.78 is 4.79. The Bertz CT molecular complexity index is 306. The maximum atomic E-state index is 11.8. The Hall–Kier alpha value is -1.79. The summed E-state index contributed by atoms with van der Waals surface area (Å²) in [7, 11) is 0. The molecule has 0 aromatic rings. The van der Waals surface area contributed by atoms with Gasteiger partial charge in [0, 0.05) is 19.5 Å². The molecule has 2 amide bonds. The maximum Gasteiger partial charge on any atom is 0.325 e. The second-order valence-electron chi connectivity index (χ2n) is 3.96. The molecule has 0 heterocycles. The van der Waals surface area contributed by atoms with E-state index in [0.717, 1.165) is 6.42 Å². The summed E-state index contributed by atoms with van der Waals surface area (Å²) in [5.41, 5.74) is 0. The number of hydrogen-bond acceptors (Lipinski definition) is 4. The van der Waals surface area contributed by atoms with E-state index in [0.29, 0.717) is 13.0 Å². The zero-order valence-electron chi connectivity index (χ0n) is 11.5. The van der Waals surface area contributed by atoms with E-state index in [1.54, 1.807) is 6.92 Å². The van der Waals surface area contributed by atoms with Crippen molar-refractivity contribution in [3.05, 3.63) is 0 Å². The van der Waals surface area contributed by atoms with Crippen LogP contribution in [-0.2, 0) is 14.3 Å². The number of nitrogens with one attached hydrogen (secondary N) is 1. The van der Waals surface area contributed by atoms with Crippen molar-refractivity contribution in [3.8, 4) is 0 Å². The second kappa shape index (κ2) is 10.2. The van der Waals surface area contributed by atoms with Gasteiger partial charge in [-0.3, -0.25) is 9.59 Å². The van der Waals surface area contributed by atoms with Crippen molar-refractivity contribution < 1.29 is 24.2 Å². The number of urea groups is 1. The van der Waals surface area contributed by atoms with E-state index in [-0.39, 0.29) is 32.1 Å². The smallest absolute Gasteiger partial charge is 0.325 e. The summed E-state index contributed by atoms with van der Waals surface area (Å²) in [4.78, 5) is 34.8. The second-order valence-corrected chi connectivity index (χ2v) is 3.96.